The van der Waals surface area contributed by atoms with Crippen LogP contribution in [0.15, 0.2) is 59.1 Å². The molecule has 0 aliphatic carbocycles. The number of likely N-dealkylation sites (tertiary alicyclic amines) is 1. The number of ether oxygens (including phenoxy) is 1. The smallest absolute Gasteiger partial charge is 0.244 e. The number of piperidine rings is 1. The lowest BCUT2D eigenvalue weighted by atomic mass is 10.0. The minimum absolute atomic E-state index is 0.143. The molecule has 152 valence electrons. The second kappa shape index (κ2) is 9.67. The van der Waals surface area contributed by atoms with Gasteiger partial charge in [0.1, 0.15) is 5.75 Å². The number of aromatic nitrogens is 2. The molecule has 1 fully saturated rings. The maximum absolute atomic E-state index is 9.49. The molecular weight excluding hydrogens is 366 g/mol. The lowest BCUT2D eigenvalue weighted by Gasteiger charge is -2.33. The van der Waals surface area contributed by atoms with Gasteiger partial charge in [0, 0.05) is 13.0 Å². The van der Waals surface area contributed by atoms with Crippen molar-refractivity contribution in [1.29, 1.82) is 0 Å². The fourth-order valence-electron chi connectivity index (χ4n) is 3.73. The predicted octanol–water partition coefficient (Wildman–Crippen LogP) is 4.26. The summed E-state index contributed by atoms with van der Waals surface area (Å²) >= 11 is 0. The standard InChI is InChI=1S/C23H27N3O3/c27-20-11-9-18(10-12-20)16-26-14-5-4-8-21(26)23-24-22(25-29-23)13-15-28-17-19-6-2-1-3-7-19/h1-3,6-7,9-12,21,27H,4-5,8,13-17H2. The summed E-state index contributed by atoms with van der Waals surface area (Å²) in [7, 11) is 0. The zero-order chi connectivity index (χ0) is 19.9. The van der Waals surface area contributed by atoms with Gasteiger partial charge in [-0.05, 0) is 42.6 Å². The van der Waals surface area contributed by atoms with Crippen LogP contribution in [0.3, 0.4) is 0 Å². The van der Waals surface area contributed by atoms with Gasteiger partial charge in [-0.3, -0.25) is 4.90 Å². The van der Waals surface area contributed by atoms with Crippen molar-refractivity contribution in [2.45, 2.75) is 44.9 Å². The topological polar surface area (TPSA) is 71.6 Å². The first-order valence-corrected chi connectivity index (χ1v) is 10.2. The Morgan fingerprint density at radius 1 is 1.03 bits per heavy atom. The molecule has 1 unspecified atom stereocenters. The van der Waals surface area contributed by atoms with Crippen LogP contribution in [0, 0.1) is 0 Å². The summed E-state index contributed by atoms with van der Waals surface area (Å²) in [5.41, 5.74) is 2.33. The van der Waals surface area contributed by atoms with Crippen molar-refractivity contribution in [1.82, 2.24) is 15.0 Å². The SMILES string of the molecule is Oc1ccc(CN2CCCCC2c2nc(CCOCc3ccccc3)no2)cc1. The highest BCUT2D eigenvalue weighted by molar-refractivity contribution is 5.26. The largest absolute Gasteiger partial charge is 0.508 e. The van der Waals surface area contributed by atoms with Crippen LogP contribution in [0.4, 0.5) is 0 Å². The van der Waals surface area contributed by atoms with Gasteiger partial charge < -0.3 is 14.4 Å². The minimum atomic E-state index is 0.143. The van der Waals surface area contributed by atoms with Gasteiger partial charge in [0.2, 0.25) is 5.89 Å². The Hall–Kier alpha value is -2.70. The fourth-order valence-corrected chi connectivity index (χ4v) is 3.73. The molecule has 0 radical (unpaired) electrons. The van der Waals surface area contributed by atoms with Crippen molar-refractivity contribution >= 4 is 0 Å². The molecule has 2 heterocycles. The Labute approximate surface area is 171 Å². The van der Waals surface area contributed by atoms with Crippen molar-refractivity contribution in [3.63, 3.8) is 0 Å². The monoisotopic (exact) mass is 393 g/mol. The van der Waals surface area contributed by atoms with Crippen LogP contribution in [-0.2, 0) is 24.3 Å². The molecule has 0 saturated carbocycles. The average molecular weight is 393 g/mol. The van der Waals surface area contributed by atoms with Gasteiger partial charge >= 0.3 is 0 Å². The molecule has 1 atom stereocenters. The highest BCUT2D eigenvalue weighted by Crippen LogP contribution is 2.31. The molecule has 1 N–H and O–H groups in total. The molecule has 29 heavy (non-hydrogen) atoms. The number of nitrogens with zero attached hydrogens (tertiary/aromatic N) is 3. The van der Waals surface area contributed by atoms with Crippen LogP contribution in [0.1, 0.15) is 48.1 Å². The van der Waals surface area contributed by atoms with E-state index in [1.165, 1.54) is 12.0 Å². The van der Waals surface area contributed by atoms with Gasteiger partial charge in [0.25, 0.3) is 0 Å². The summed E-state index contributed by atoms with van der Waals surface area (Å²) in [4.78, 5) is 7.03. The Kier molecular flexibility index (Phi) is 6.54. The summed E-state index contributed by atoms with van der Waals surface area (Å²) in [5, 5.41) is 13.7. The van der Waals surface area contributed by atoms with Crippen molar-refractivity contribution in [3.05, 3.63) is 77.4 Å². The first-order valence-electron chi connectivity index (χ1n) is 10.2. The van der Waals surface area contributed by atoms with Crippen molar-refractivity contribution < 1.29 is 14.4 Å². The summed E-state index contributed by atoms with van der Waals surface area (Å²) < 4.78 is 11.3. The molecule has 3 aromatic rings. The second-order valence-electron chi connectivity index (χ2n) is 7.49. The third-order valence-corrected chi connectivity index (χ3v) is 5.29. The van der Waals surface area contributed by atoms with E-state index in [0.717, 1.165) is 31.5 Å². The summed E-state index contributed by atoms with van der Waals surface area (Å²) in [6.45, 7) is 2.97. The molecule has 0 spiro atoms. The number of aromatic hydroxyl groups is 1. The highest BCUT2D eigenvalue weighted by atomic mass is 16.5. The van der Waals surface area contributed by atoms with E-state index in [-0.39, 0.29) is 6.04 Å². The molecule has 1 aliphatic heterocycles. The predicted molar refractivity (Wildman–Crippen MR) is 109 cm³/mol. The lowest BCUT2D eigenvalue weighted by Crippen LogP contribution is -2.33. The number of hydrogen-bond donors (Lipinski definition) is 1. The van der Waals surface area contributed by atoms with Gasteiger partial charge in [-0.2, -0.15) is 4.98 Å². The van der Waals surface area contributed by atoms with E-state index in [4.69, 9.17) is 9.26 Å². The zero-order valence-electron chi connectivity index (χ0n) is 16.5. The van der Waals surface area contributed by atoms with Gasteiger partial charge in [0.05, 0.1) is 19.3 Å². The van der Waals surface area contributed by atoms with E-state index in [0.29, 0.717) is 37.1 Å². The van der Waals surface area contributed by atoms with Crippen LogP contribution in [0.5, 0.6) is 5.75 Å². The average Bonchev–Trinajstić information content (AvgIpc) is 3.23. The molecule has 6 nitrogen and oxygen atoms in total. The van der Waals surface area contributed by atoms with Gasteiger partial charge in [-0.25, -0.2) is 0 Å². The third kappa shape index (κ3) is 5.43. The van der Waals surface area contributed by atoms with E-state index < -0.39 is 0 Å². The molecule has 6 heteroatoms. The zero-order valence-corrected chi connectivity index (χ0v) is 16.5. The molecule has 2 aromatic carbocycles. The minimum Gasteiger partial charge on any atom is -0.508 e. The Bertz CT molecular complexity index is 880. The van der Waals surface area contributed by atoms with Gasteiger partial charge in [0.15, 0.2) is 5.82 Å². The van der Waals surface area contributed by atoms with E-state index in [1.54, 1.807) is 12.1 Å². The Balaban J connectivity index is 1.32. The number of rotatable bonds is 8. The Morgan fingerprint density at radius 3 is 2.69 bits per heavy atom. The highest BCUT2D eigenvalue weighted by Gasteiger charge is 2.28. The van der Waals surface area contributed by atoms with Crippen LogP contribution in [0.25, 0.3) is 0 Å². The first kappa shape index (κ1) is 19.6. The van der Waals surface area contributed by atoms with Crippen LogP contribution >= 0.6 is 0 Å². The summed E-state index contributed by atoms with van der Waals surface area (Å²) in [6, 6.07) is 17.7. The van der Waals surface area contributed by atoms with Crippen molar-refractivity contribution in [2.75, 3.05) is 13.2 Å². The molecule has 4 rings (SSSR count). The maximum atomic E-state index is 9.49. The van der Waals surface area contributed by atoms with Crippen LogP contribution < -0.4 is 0 Å². The fraction of sp³-hybridized carbons (Fsp3) is 0.391. The molecule has 1 aliphatic rings. The maximum Gasteiger partial charge on any atom is 0.244 e. The number of benzene rings is 2. The Morgan fingerprint density at radius 2 is 1.86 bits per heavy atom. The molecule has 1 saturated heterocycles. The van der Waals surface area contributed by atoms with Crippen LogP contribution in [-0.4, -0.2) is 33.3 Å². The molecule has 0 amide bonds. The quantitative estimate of drug-likeness (QED) is 0.577. The third-order valence-electron chi connectivity index (χ3n) is 5.29. The molecule has 1 aromatic heterocycles. The van der Waals surface area contributed by atoms with Crippen molar-refractivity contribution in [3.8, 4) is 5.75 Å². The number of hydrogen-bond acceptors (Lipinski definition) is 6. The summed E-state index contributed by atoms with van der Waals surface area (Å²) in [5.74, 6) is 1.68. The molecule has 0 bridgehead atoms. The summed E-state index contributed by atoms with van der Waals surface area (Å²) in [6.07, 6.45) is 3.99. The van der Waals surface area contributed by atoms with Crippen LogP contribution in [0.2, 0.25) is 0 Å². The van der Waals surface area contributed by atoms with E-state index in [1.807, 2.05) is 30.3 Å². The lowest BCUT2D eigenvalue weighted by molar-refractivity contribution is 0.111. The normalized spacial score (nSPS) is 17.4. The van der Waals surface area contributed by atoms with Gasteiger partial charge in [-0.15, -0.1) is 0 Å². The molecular formula is C23H27N3O3. The van der Waals surface area contributed by atoms with E-state index in [9.17, 15) is 5.11 Å². The first-order chi connectivity index (χ1) is 14.3. The van der Waals surface area contributed by atoms with Crippen molar-refractivity contribution in [2.24, 2.45) is 0 Å². The van der Waals surface area contributed by atoms with Gasteiger partial charge in [-0.1, -0.05) is 54.0 Å². The second-order valence-corrected chi connectivity index (χ2v) is 7.49. The number of phenols is 1. The van der Waals surface area contributed by atoms with E-state index in [2.05, 4.69) is 27.2 Å². The van der Waals surface area contributed by atoms with E-state index >= 15 is 0 Å². The number of phenolic OH excluding ortho intramolecular Hbond substituents is 1.